The van der Waals surface area contributed by atoms with E-state index in [1.807, 2.05) is 12.1 Å². The number of rotatable bonds is 5. The van der Waals surface area contributed by atoms with Gasteiger partial charge in [-0.15, -0.1) is 0 Å². The van der Waals surface area contributed by atoms with Gasteiger partial charge in [-0.3, -0.25) is 0 Å². The van der Waals surface area contributed by atoms with E-state index in [2.05, 4.69) is 211 Å². The maximum atomic E-state index is 6.24. The monoisotopic (exact) mass is 788 g/mol. The normalized spacial score (nSPS) is 11.9. The predicted octanol–water partition coefficient (Wildman–Crippen LogP) is 16.2. The lowest BCUT2D eigenvalue weighted by molar-refractivity contribution is 0.669. The van der Waals surface area contributed by atoms with Crippen molar-refractivity contribution in [1.29, 1.82) is 0 Å². The van der Waals surface area contributed by atoms with Gasteiger partial charge in [0.05, 0.1) is 22.4 Å². The third kappa shape index (κ3) is 5.42. The van der Waals surface area contributed by atoms with Crippen LogP contribution < -0.4 is 0 Å². The van der Waals surface area contributed by atoms with Crippen molar-refractivity contribution < 1.29 is 4.42 Å². The van der Waals surface area contributed by atoms with Gasteiger partial charge in [-0.2, -0.15) is 0 Å². The Morgan fingerprint density at radius 2 is 0.758 bits per heavy atom. The highest BCUT2D eigenvalue weighted by Gasteiger charge is 2.18. The molecule has 3 aromatic heterocycles. The molecule has 62 heavy (non-hydrogen) atoms. The van der Waals surface area contributed by atoms with Gasteiger partial charge in [0, 0.05) is 38.4 Å². The zero-order valence-electron chi connectivity index (χ0n) is 33.6. The highest BCUT2D eigenvalue weighted by molar-refractivity contribution is 6.25. The number of aromatic nitrogens is 2. The summed E-state index contributed by atoms with van der Waals surface area (Å²) < 4.78 is 8.66. The van der Waals surface area contributed by atoms with E-state index in [-0.39, 0.29) is 0 Å². The molecule has 3 heterocycles. The van der Waals surface area contributed by atoms with Gasteiger partial charge in [-0.1, -0.05) is 146 Å². The molecule has 0 saturated heterocycles. The Morgan fingerprint density at radius 1 is 0.274 bits per heavy atom. The Kier molecular flexibility index (Phi) is 7.60. The molecule has 0 fully saturated rings. The van der Waals surface area contributed by atoms with Gasteiger partial charge in [-0.05, 0) is 127 Å². The highest BCUT2D eigenvalue weighted by atomic mass is 16.3. The fourth-order valence-electron chi connectivity index (χ4n) is 9.85. The van der Waals surface area contributed by atoms with E-state index in [0.29, 0.717) is 0 Å². The van der Waals surface area contributed by atoms with Gasteiger partial charge in [0.2, 0.25) is 0 Å². The van der Waals surface area contributed by atoms with Gasteiger partial charge < -0.3 is 8.98 Å². The van der Waals surface area contributed by atoms with E-state index in [0.717, 1.165) is 72.4 Å². The smallest absolute Gasteiger partial charge is 0.135 e. The quantitative estimate of drug-likeness (QED) is 0.163. The van der Waals surface area contributed by atoms with Crippen molar-refractivity contribution in [2.45, 2.75) is 0 Å². The molecule has 0 bridgehead atoms. The first-order valence-corrected chi connectivity index (χ1v) is 21.2. The molecule has 3 heteroatoms. The van der Waals surface area contributed by atoms with Crippen LogP contribution in [0, 0.1) is 0 Å². The van der Waals surface area contributed by atoms with Crippen LogP contribution in [0.3, 0.4) is 0 Å². The van der Waals surface area contributed by atoms with Crippen LogP contribution in [0.5, 0.6) is 0 Å². The van der Waals surface area contributed by atoms with E-state index in [4.69, 9.17) is 9.40 Å². The van der Waals surface area contributed by atoms with Crippen LogP contribution in [-0.4, -0.2) is 9.55 Å². The summed E-state index contributed by atoms with van der Waals surface area (Å²) in [5.74, 6) is 0. The van der Waals surface area contributed by atoms with E-state index in [1.54, 1.807) is 0 Å². The lowest BCUT2D eigenvalue weighted by Gasteiger charge is -2.16. The van der Waals surface area contributed by atoms with Crippen molar-refractivity contribution in [3.63, 3.8) is 0 Å². The molecule has 13 rings (SSSR count). The third-order valence-electron chi connectivity index (χ3n) is 12.7. The number of hydrogen-bond donors (Lipinski definition) is 0. The first-order valence-electron chi connectivity index (χ1n) is 21.2. The summed E-state index contributed by atoms with van der Waals surface area (Å²) in [6.07, 6.45) is 0. The molecule has 0 amide bonds. The summed E-state index contributed by atoms with van der Waals surface area (Å²) in [4.78, 5) is 5.54. The summed E-state index contributed by atoms with van der Waals surface area (Å²) in [5, 5.41) is 12.2. The van der Waals surface area contributed by atoms with Crippen LogP contribution in [0.25, 0.3) is 127 Å². The average Bonchev–Trinajstić information content (AvgIpc) is 3.89. The number of nitrogens with zero attached hydrogens (tertiary/aromatic N) is 2. The number of para-hydroxylation sites is 3. The fraction of sp³-hybridized carbons (Fsp3) is 0. The Hall–Kier alpha value is -8.27. The summed E-state index contributed by atoms with van der Waals surface area (Å²) in [7, 11) is 0. The molecule has 288 valence electrons. The van der Waals surface area contributed by atoms with Crippen molar-refractivity contribution in [3.8, 4) is 50.5 Å². The number of furan rings is 1. The summed E-state index contributed by atoms with van der Waals surface area (Å²) in [6, 6.07) is 78.9. The standard InChI is InChI=1S/C59H36N2O/c1-2-14-37(15-3-1)41-35-54(39-27-29-59-53(34-39)51-22-10-13-25-58(51)62-59)60-55(36-41)42-30-40(31-43(32-42)61-56-23-11-8-20-49(56)50-21-9-12-24-57(50)61)38-26-28-48-46-18-5-4-16-44(46)45-17-6-7-19-47(45)52(48)33-38/h1-36H. The van der Waals surface area contributed by atoms with Crippen LogP contribution in [0.1, 0.15) is 0 Å². The fourth-order valence-corrected chi connectivity index (χ4v) is 9.85. The maximum absolute atomic E-state index is 6.24. The van der Waals surface area contributed by atoms with Gasteiger partial charge in [0.15, 0.2) is 0 Å². The summed E-state index contributed by atoms with van der Waals surface area (Å²) in [6.45, 7) is 0. The van der Waals surface area contributed by atoms with Crippen LogP contribution in [0.2, 0.25) is 0 Å². The lowest BCUT2D eigenvalue weighted by Crippen LogP contribution is -1.97. The van der Waals surface area contributed by atoms with Gasteiger partial charge in [0.25, 0.3) is 0 Å². The second-order valence-corrected chi connectivity index (χ2v) is 16.3. The number of pyridine rings is 1. The number of hydrogen-bond acceptors (Lipinski definition) is 2. The van der Waals surface area contributed by atoms with Gasteiger partial charge >= 0.3 is 0 Å². The van der Waals surface area contributed by atoms with E-state index in [9.17, 15) is 0 Å². The highest BCUT2D eigenvalue weighted by Crippen LogP contribution is 2.41. The topological polar surface area (TPSA) is 31.0 Å². The van der Waals surface area contributed by atoms with Crippen molar-refractivity contribution in [3.05, 3.63) is 218 Å². The third-order valence-corrected chi connectivity index (χ3v) is 12.7. The van der Waals surface area contributed by atoms with Crippen molar-refractivity contribution >= 4 is 76.1 Å². The molecule has 0 saturated carbocycles. The van der Waals surface area contributed by atoms with Crippen LogP contribution in [0.4, 0.5) is 0 Å². The molecular weight excluding hydrogens is 753 g/mol. The minimum Gasteiger partial charge on any atom is -0.456 e. The summed E-state index contributed by atoms with van der Waals surface area (Å²) in [5.41, 5.74) is 13.6. The molecule has 0 spiro atoms. The largest absolute Gasteiger partial charge is 0.456 e. The average molecular weight is 789 g/mol. The minimum atomic E-state index is 0.870. The van der Waals surface area contributed by atoms with Crippen molar-refractivity contribution in [2.75, 3.05) is 0 Å². The molecule has 0 radical (unpaired) electrons. The Labute approximate surface area is 357 Å². The SMILES string of the molecule is c1ccc(-c2cc(-c3cc(-c4ccc5c6ccccc6c6ccccc6c5c4)cc(-n4c5ccccc5c5ccccc54)c3)nc(-c3ccc4oc5ccccc5c4c3)c2)cc1. The van der Waals surface area contributed by atoms with Crippen LogP contribution in [0.15, 0.2) is 223 Å². The summed E-state index contributed by atoms with van der Waals surface area (Å²) >= 11 is 0. The molecule has 0 unspecified atom stereocenters. The lowest BCUT2D eigenvalue weighted by atomic mass is 9.91. The molecule has 0 atom stereocenters. The van der Waals surface area contributed by atoms with Crippen molar-refractivity contribution in [2.24, 2.45) is 0 Å². The number of fused-ring (bicyclic) bond motifs is 12. The maximum Gasteiger partial charge on any atom is 0.135 e. The van der Waals surface area contributed by atoms with Crippen LogP contribution >= 0.6 is 0 Å². The van der Waals surface area contributed by atoms with E-state index in [1.165, 1.54) is 54.1 Å². The zero-order chi connectivity index (χ0) is 40.7. The van der Waals surface area contributed by atoms with E-state index < -0.39 is 0 Å². The minimum absolute atomic E-state index is 0.870. The van der Waals surface area contributed by atoms with Crippen molar-refractivity contribution in [1.82, 2.24) is 9.55 Å². The molecule has 0 N–H and O–H groups in total. The van der Waals surface area contributed by atoms with E-state index >= 15 is 0 Å². The second kappa shape index (κ2) is 13.6. The Balaban J connectivity index is 1.09. The van der Waals surface area contributed by atoms with Gasteiger partial charge in [0.1, 0.15) is 11.2 Å². The molecular formula is C59H36N2O. The molecule has 3 nitrogen and oxygen atoms in total. The predicted molar refractivity (Wildman–Crippen MR) is 260 cm³/mol. The molecule has 0 aliphatic rings. The molecule has 10 aromatic carbocycles. The first-order chi connectivity index (χ1) is 30.7. The number of benzene rings is 10. The zero-order valence-corrected chi connectivity index (χ0v) is 33.6. The van der Waals surface area contributed by atoms with Gasteiger partial charge in [-0.25, -0.2) is 4.98 Å². The Morgan fingerprint density at radius 3 is 1.45 bits per heavy atom. The second-order valence-electron chi connectivity index (χ2n) is 16.3. The molecule has 0 aliphatic carbocycles. The first kappa shape index (κ1) is 34.6. The molecule has 13 aromatic rings. The Bertz CT molecular complexity index is 3840. The van der Waals surface area contributed by atoms with Crippen LogP contribution in [-0.2, 0) is 0 Å². The molecule has 0 aliphatic heterocycles.